The summed E-state index contributed by atoms with van der Waals surface area (Å²) in [5.41, 5.74) is 2.24. The summed E-state index contributed by atoms with van der Waals surface area (Å²) in [6.45, 7) is 9.13. The van der Waals surface area contributed by atoms with E-state index in [2.05, 4.69) is 27.2 Å². The van der Waals surface area contributed by atoms with Crippen molar-refractivity contribution >= 4 is 23.0 Å². The second-order valence-electron chi connectivity index (χ2n) is 7.10. The molecule has 0 bridgehead atoms. The van der Waals surface area contributed by atoms with E-state index in [-0.39, 0.29) is 0 Å². The van der Waals surface area contributed by atoms with E-state index in [0.29, 0.717) is 6.61 Å². The molecule has 0 radical (unpaired) electrons. The first kappa shape index (κ1) is 21.6. The van der Waals surface area contributed by atoms with E-state index in [1.807, 2.05) is 49.4 Å². The molecular weight excluding hydrogens is 382 g/mol. The van der Waals surface area contributed by atoms with Crippen LogP contribution in [0.1, 0.15) is 18.9 Å². The van der Waals surface area contributed by atoms with Gasteiger partial charge in [0.05, 0.1) is 19.8 Å². The number of nitrogens with one attached hydrogen (secondary N) is 1. The molecule has 29 heavy (non-hydrogen) atoms. The average molecular weight is 414 g/mol. The second kappa shape index (κ2) is 11.8. The maximum Gasteiger partial charge on any atom is 0.173 e. The highest BCUT2D eigenvalue weighted by Crippen LogP contribution is 2.15. The molecule has 1 N–H and O–H groups in total. The summed E-state index contributed by atoms with van der Waals surface area (Å²) in [5, 5.41) is 4.14. The van der Waals surface area contributed by atoms with Crippen molar-refractivity contribution in [3.8, 4) is 5.75 Å². The first-order valence-corrected chi connectivity index (χ1v) is 10.8. The molecule has 0 amide bonds. The van der Waals surface area contributed by atoms with E-state index < -0.39 is 0 Å². The summed E-state index contributed by atoms with van der Waals surface area (Å²) in [6, 6.07) is 18.4. The fraction of sp³-hybridized carbons (Fsp3) is 0.435. The molecule has 2 aromatic carbocycles. The zero-order valence-electron chi connectivity index (χ0n) is 17.2. The van der Waals surface area contributed by atoms with Crippen LogP contribution >= 0.6 is 12.2 Å². The molecule has 1 aliphatic heterocycles. The average Bonchev–Trinajstić information content (AvgIpc) is 2.76. The van der Waals surface area contributed by atoms with Crippen LogP contribution in [0.5, 0.6) is 5.75 Å². The minimum absolute atomic E-state index is 0.679. The van der Waals surface area contributed by atoms with E-state index in [0.717, 1.165) is 68.9 Å². The molecule has 6 heteroatoms. The molecule has 0 atom stereocenters. The van der Waals surface area contributed by atoms with Crippen LogP contribution in [-0.2, 0) is 11.3 Å². The zero-order chi connectivity index (χ0) is 20.3. The van der Waals surface area contributed by atoms with Crippen LogP contribution in [0.4, 0.5) is 5.69 Å². The Hall–Kier alpha value is -2.15. The van der Waals surface area contributed by atoms with E-state index in [1.165, 1.54) is 5.56 Å². The Bertz CT molecular complexity index is 734. The van der Waals surface area contributed by atoms with Crippen molar-refractivity contribution in [2.75, 3.05) is 51.3 Å². The molecule has 0 aliphatic carbocycles. The Morgan fingerprint density at radius 1 is 1.10 bits per heavy atom. The minimum Gasteiger partial charge on any atom is -0.494 e. The molecule has 3 rings (SSSR count). The third-order valence-corrected chi connectivity index (χ3v) is 5.29. The molecule has 2 aromatic rings. The summed E-state index contributed by atoms with van der Waals surface area (Å²) < 4.78 is 11.0. The normalized spacial score (nSPS) is 14.4. The number of benzene rings is 2. The maximum atomic E-state index is 5.75. The SMILES string of the molecule is CCOc1ccc(CN(CCCN2CCOCC2)C(=S)Nc2ccccc2)cc1. The number of anilines is 1. The number of nitrogens with zero attached hydrogens (tertiary/aromatic N) is 2. The number of hydrogen-bond acceptors (Lipinski definition) is 4. The molecule has 0 spiro atoms. The highest BCUT2D eigenvalue weighted by Gasteiger charge is 2.14. The fourth-order valence-corrected chi connectivity index (χ4v) is 3.64. The van der Waals surface area contributed by atoms with Gasteiger partial charge in [0.1, 0.15) is 5.75 Å². The van der Waals surface area contributed by atoms with Crippen LogP contribution in [0.3, 0.4) is 0 Å². The lowest BCUT2D eigenvalue weighted by molar-refractivity contribution is 0.0368. The number of para-hydroxylation sites is 1. The van der Waals surface area contributed by atoms with Gasteiger partial charge in [0.25, 0.3) is 0 Å². The van der Waals surface area contributed by atoms with Gasteiger partial charge in [0.2, 0.25) is 0 Å². The zero-order valence-corrected chi connectivity index (χ0v) is 18.0. The van der Waals surface area contributed by atoms with Crippen molar-refractivity contribution in [3.63, 3.8) is 0 Å². The Morgan fingerprint density at radius 2 is 1.83 bits per heavy atom. The van der Waals surface area contributed by atoms with Crippen LogP contribution < -0.4 is 10.1 Å². The van der Waals surface area contributed by atoms with E-state index in [9.17, 15) is 0 Å². The Labute approximate surface area is 179 Å². The topological polar surface area (TPSA) is 37.0 Å². The van der Waals surface area contributed by atoms with E-state index in [1.54, 1.807) is 0 Å². The van der Waals surface area contributed by atoms with Crippen molar-refractivity contribution in [2.45, 2.75) is 19.9 Å². The van der Waals surface area contributed by atoms with Crippen molar-refractivity contribution < 1.29 is 9.47 Å². The standard InChI is InChI=1S/C23H31N3O2S/c1-2-28-22-11-9-20(10-12-22)19-26(14-6-13-25-15-17-27-18-16-25)23(29)24-21-7-4-3-5-8-21/h3-5,7-12H,2,6,13-19H2,1H3,(H,24,29). The van der Waals surface area contributed by atoms with Crippen LogP contribution in [0.15, 0.2) is 54.6 Å². The molecule has 1 heterocycles. The van der Waals surface area contributed by atoms with Gasteiger partial charge in [0.15, 0.2) is 5.11 Å². The quantitative estimate of drug-likeness (QED) is 0.626. The predicted molar refractivity (Wildman–Crippen MR) is 123 cm³/mol. The molecule has 0 unspecified atom stereocenters. The predicted octanol–water partition coefficient (Wildman–Crippen LogP) is 4.01. The van der Waals surface area contributed by atoms with Crippen molar-refractivity contribution in [1.82, 2.24) is 9.80 Å². The van der Waals surface area contributed by atoms with Gasteiger partial charge in [-0.1, -0.05) is 30.3 Å². The minimum atomic E-state index is 0.679. The summed E-state index contributed by atoms with van der Waals surface area (Å²) >= 11 is 5.75. The van der Waals surface area contributed by atoms with Gasteiger partial charge in [-0.05, 0) is 55.4 Å². The number of rotatable bonds is 9. The lowest BCUT2D eigenvalue weighted by atomic mass is 10.2. The fourth-order valence-electron chi connectivity index (χ4n) is 3.36. The molecule has 1 aliphatic rings. The number of ether oxygens (including phenoxy) is 2. The molecule has 5 nitrogen and oxygen atoms in total. The van der Waals surface area contributed by atoms with Gasteiger partial charge in [-0.2, -0.15) is 0 Å². The highest BCUT2D eigenvalue weighted by molar-refractivity contribution is 7.80. The molecule has 1 fully saturated rings. The smallest absolute Gasteiger partial charge is 0.173 e. The van der Waals surface area contributed by atoms with Crippen LogP contribution in [0.2, 0.25) is 0 Å². The van der Waals surface area contributed by atoms with Crippen molar-refractivity contribution in [1.29, 1.82) is 0 Å². The summed E-state index contributed by atoms with van der Waals surface area (Å²) in [6.07, 6.45) is 1.06. The Kier molecular flexibility index (Phi) is 8.74. The lowest BCUT2D eigenvalue weighted by Gasteiger charge is -2.29. The first-order chi connectivity index (χ1) is 14.2. The van der Waals surface area contributed by atoms with E-state index in [4.69, 9.17) is 21.7 Å². The molecule has 156 valence electrons. The molecule has 0 saturated carbocycles. The summed E-state index contributed by atoms with van der Waals surface area (Å²) in [7, 11) is 0. The summed E-state index contributed by atoms with van der Waals surface area (Å²) in [4.78, 5) is 4.71. The number of morpholine rings is 1. The third kappa shape index (κ3) is 7.31. The molecular formula is C23H31N3O2S. The van der Waals surface area contributed by atoms with Crippen LogP contribution in [0.25, 0.3) is 0 Å². The summed E-state index contributed by atoms with van der Waals surface area (Å²) in [5.74, 6) is 0.903. The van der Waals surface area contributed by atoms with Gasteiger partial charge in [-0.25, -0.2) is 0 Å². The Balaban J connectivity index is 1.60. The van der Waals surface area contributed by atoms with Gasteiger partial charge in [-0.3, -0.25) is 4.90 Å². The number of thiocarbonyl (C=S) groups is 1. The third-order valence-electron chi connectivity index (χ3n) is 4.93. The van der Waals surface area contributed by atoms with Crippen LogP contribution in [-0.4, -0.2) is 60.9 Å². The molecule has 1 saturated heterocycles. The monoisotopic (exact) mass is 413 g/mol. The van der Waals surface area contributed by atoms with Gasteiger partial charge in [-0.15, -0.1) is 0 Å². The Morgan fingerprint density at radius 3 is 2.52 bits per heavy atom. The molecule has 0 aromatic heterocycles. The largest absolute Gasteiger partial charge is 0.494 e. The lowest BCUT2D eigenvalue weighted by Crippen LogP contribution is -2.40. The van der Waals surface area contributed by atoms with Crippen molar-refractivity contribution in [3.05, 3.63) is 60.2 Å². The number of hydrogen-bond donors (Lipinski definition) is 1. The van der Waals surface area contributed by atoms with Crippen molar-refractivity contribution in [2.24, 2.45) is 0 Å². The van der Waals surface area contributed by atoms with E-state index >= 15 is 0 Å². The maximum absolute atomic E-state index is 5.75. The second-order valence-corrected chi connectivity index (χ2v) is 7.49. The van der Waals surface area contributed by atoms with Gasteiger partial charge in [0, 0.05) is 38.4 Å². The van der Waals surface area contributed by atoms with Gasteiger partial charge >= 0.3 is 0 Å². The van der Waals surface area contributed by atoms with Crippen LogP contribution in [0, 0.1) is 0 Å². The van der Waals surface area contributed by atoms with Gasteiger partial charge < -0.3 is 19.7 Å². The first-order valence-electron chi connectivity index (χ1n) is 10.4. The highest BCUT2D eigenvalue weighted by atomic mass is 32.1.